The maximum absolute atomic E-state index is 12.4. The van der Waals surface area contributed by atoms with Crippen LogP contribution in [0, 0.1) is 0 Å². The van der Waals surface area contributed by atoms with Crippen molar-refractivity contribution < 1.29 is 22.8 Å². The summed E-state index contributed by atoms with van der Waals surface area (Å²) in [6.07, 6.45) is 4.40. The average Bonchev–Trinajstić information content (AvgIpc) is 3.33. The van der Waals surface area contributed by atoms with E-state index in [0.717, 1.165) is 0 Å². The van der Waals surface area contributed by atoms with Gasteiger partial charge < -0.3 is 23.9 Å². The van der Waals surface area contributed by atoms with Gasteiger partial charge in [-0.2, -0.15) is 0 Å². The number of carbonyl (C=O) groups excluding carboxylic acids is 2. The van der Waals surface area contributed by atoms with Crippen molar-refractivity contribution in [3.63, 3.8) is 0 Å². The maximum Gasteiger partial charge on any atom is 0.287 e. The van der Waals surface area contributed by atoms with Crippen LogP contribution in [0.25, 0.3) is 0 Å². The number of rotatable bonds is 6. The van der Waals surface area contributed by atoms with Gasteiger partial charge in [-0.25, -0.2) is 0 Å². The highest BCUT2D eigenvalue weighted by Crippen LogP contribution is 2.30. The van der Waals surface area contributed by atoms with E-state index in [-0.39, 0.29) is 11.7 Å². The molecule has 0 saturated heterocycles. The molecule has 3 rings (SSSR count). The smallest absolute Gasteiger partial charge is 0.287 e. The van der Waals surface area contributed by atoms with E-state index in [1.807, 2.05) is 0 Å². The number of hydrogen-bond donors (Lipinski definition) is 2. The lowest BCUT2D eigenvalue weighted by Gasteiger charge is -2.25. The predicted molar refractivity (Wildman–Crippen MR) is 82.9 cm³/mol. The lowest BCUT2D eigenvalue weighted by molar-refractivity contribution is -0.120. The van der Waals surface area contributed by atoms with Gasteiger partial charge in [-0.05, 0) is 36.4 Å². The molecule has 2 amide bonds. The van der Waals surface area contributed by atoms with E-state index in [1.165, 1.54) is 25.7 Å². The Labute approximate surface area is 137 Å². The molecule has 2 atom stereocenters. The molecule has 124 valence electrons. The van der Waals surface area contributed by atoms with Crippen molar-refractivity contribution in [2.45, 2.75) is 19.0 Å². The number of carbonyl (C=O) groups is 2. The topological polar surface area (TPSA) is 97.6 Å². The molecule has 0 aromatic carbocycles. The summed E-state index contributed by atoms with van der Waals surface area (Å²) >= 11 is 0. The molecule has 7 nitrogen and oxygen atoms in total. The summed E-state index contributed by atoms with van der Waals surface area (Å²) in [7, 11) is 0. The largest absolute Gasteiger partial charge is 0.467 e. The fourth-order valence-corrected chi connectivity index (χ4v) is 2.41. The minimum absolute atomic E-state index is 0.160. The second-order valence-corrected chi connectivity index (χ2v) is 5.14. The molecule has 0 aliphatic rings. The van der Waals surface area contributed by atoms with Crippen molar-refractivity contribution in [3.8, 4) is 0 Å². The van der Waals surface area contributed by atoms with Gasteiger partial charge in [0.15, 0.2) is 5.76 Å². The molecule has 2 N–H and O–H groups in total. The molecule has 0 bridgehead atoms. The molecule has 0 saturated carbocycles. The molecule has 0 aliphatic heterocycles. The molecular formula is C17H16N2O5. The van der Waals surface area contributed by atoms with Gasteiger partial charge in [-0.1, -0.05) is 0 Å². The van der Waals surface area contributed by atoms with Gasteiger partial charge in [-0.15, -0.1) is 0 Å². The van der Waals surface area contributed by atoms with Crippen LogP contribution in [0.2, 0.25) is 0 Å². The molecule has 0 fully saturated rings. The van der Waals surface area contributed by atoms with Gasteiger partial charge in [0.25, 0.3) is 5.91 Å². The van der Waals surface area contributed by atoms with Crippen LogP contribution in [0.4, 0.5) is 0 Å². The van der Waals surface area contributed by atoms with E-state index in [1.54, 1.807) is 36.4 Å². The predicted octanol–water partition coefficient (Wildman–Crippen LogP) is 2.81. The van der Waals surface area contributed by atoms with E-state index >= 15 is 0 Å². The lowest BCUT2D eigenvalue weighted by Crippen LogP contribution is -2.39. The van der Waals surface area contributed by atoms with Gasteiger partial charge in [0.2, 0.25) is 5.91 Å². The minimum Gasteiger partial charge on any atom is -0.467 e. The van der Waals surface area contributed by atoms with E-state index in [9.17, 15) is 9.59 Å². The zero-order valence-corrected chi connectivity index (χ0v) is 12.9. The summed E-state index contributed by atoms with van der Waals surface area (Å²) in [5.41, 5.74) is 0. The molecule has 24 heavy (non-hydrogen) atoms. The Morgan fingerprint density at radius 1 is 0.833 bits per heavy atom. The minimum atomic E-state index is -0.673. The van der Waals surface area contributed by atoms with Crippen molar-refractivity contribution in [3.05, 3.63) is 72.5 Å². The number of furan rings is 3. The number of hydrogen-bond acceptors (Lipinski definition) is 5. The molecule has 3 aromatic rings. The van der Waals surface area contributed by atoms with Crippen molar-refractivity contribution in [1.82, 2.24) is 10.6 Å². The van der Waals surface area contributed by atoms with Crippen LogP contribution < -0.4 is 10.6 Å². The molecular weight excluding hydrogens is 312 g/mol. The summed E-state index contributed by atoms with van der Waals surface area (Å²) in [5.74, 6) is 0.437. The first kappa shape index (κ1) is 15.7. The SMILES string of the molecule is CC(=O)NC(c1ccco1)C(NC(=O)c1ccco1)c1ccco1. The highest BCUT2D eigenvalue weighted by atomic mass is 16.3. The summed E-state index contributed by atoms with van der Waals surface area (Å²) in [5, 5.41) is 5.60. The fourth-order valence-electron chi connectivity index (χ4n) is 2.41. The van der Waals surface area contributed by atoms with Crippen LogP contribution in [0.1, 0.15) is 41.1 Å². The van der Waals surface area contributed by atoms with Gasteiger partial charge in [0.1, 0.15) is 23.6 Å². The fraction of sp³-hybridized carbons (Fsp3) is 0.176. The highest BCUT2D eigenvalue weighted by molar-refractivity contribution is 5.91. The van der Waals surface area contributed by atoms with Gasteiger partial charge in [0, 0.05) is 6.92 Å². The first-order chi connectivity index (χ1) is 11.6. The standard InChI is InChI=1S/C17H16N2O5/c1-11(20)18-15(12-5-2-8-22-12)16(13-6-3-9-23-13)19-17(21)14-7-4-10-24-14/h2-10,15-16H,1H3,(H,18,20)(H,19,21). The Hall–Kier alpha value is -3.22. The Bertz CT molecular complexity index is 775. The van der Waals surface area contributed by atoms with Crippen LogP contribution in [0.5, 0.6) is 0 Å². The average molecular weight is 328 g/mol. The van der Waals surface area contributed by atoms with Gasteiger partial charge in [-0.3, -0.25) is 9.59 Å². The summed E-state index contributed by atoms with van der Waals surface area (Å²) in [4.78, 5) is 24.0. The van der Waals surface area contributed by atoms with E-state index in [2.05, 4.69) is 10.6 Å². The monoisotopic (exact) mass is 328 g/mol. The Morgan fingerprint density at radius 3 is 1.83 bits per heavy atom. The van der Waals surface area contributed by atoms with Crippen molar-refractivity contribution in [2.75, 3.05) is 0 Å². The second kappa shape index (κ2) is 6.91. The van der Waals surface area contributed by atoms with Gasteiger partial charge in [0.05, 0.1) is 18.8 Å². The lowest BCUT2D eigenvalue weighted by atomic mass is 10.0. The molecule has 0 aliphatic carbocycles. The molecule has 0 spiro atoms. The highest BCUT2D eigenvalue weighted by Gasteiger charge is 2.32. The molecule has 3 heterocycles. The van der Waals surface area contributed by atoms with E-state index in [4.69, 9.17) is 13.3 Å². The van der Waals surface area contributed by atoms with Crippen molar-refractivity contribution in [2.24, 2.45) is 0 Å². The van der Waals surface area contributed by atoms with Crippen LogP contribution in [-0.4, -0.2) is 11.8 Å². The number of nitrogens with one attached hydrogen (secondary N) is 2. The Morgan fingerprint density at radius 2 is 1.38 bits per heavy atom. The first-order valence-corrected chi connectivity index (χ1v) is 7.33. The molecule has 7 heteroatoms. The van der Waals surface area contributed by atoms with Crippen LogP contribution in [0.15, 0.2) is 68.4 Å². The number of amides is 2. The molecule has 2 unspecified atom stereocenters. The quantitative estimate of drug-likeness (QED) is 0.725. The third-order valence-electron chi connectivity index (χ3n) is 3.42. The summed E-state index contributed by atoms with van der Waals surface area (Å²) in [6, 6.07) is 8.70. The zero-order valence-electron chi connectivity index (χ0n) is 12.9. The molecule has 0 radical (unpaired) electrons. The van der Waals surface area contributed by atoms with Crippen molar-refractivity contribution in [1.29, 1.82) is 0 Å². The van der Waals surface area contributed by atoms with Crippen LogP contribution in [-0.2, 0) is 4.79 Å². The Balaban J connectivity index is 1.93. The van der Waals surface area contributed by atoms with Crippen LogP contribution in [0.3, 0.4) is 0 Å². The Kier molecular flexibility index (Phi) is 4.51. The third kappa shape index (κ3) is 3.40. The maximum atomic E-state index is 12.4. The summed E-state index contributed by atoms with van der Waals surface area (Å²) in [6.45, 7) is 1.39. The first-order valence-electron chi connectivity index (χ1n) is 7.33. The van der Waals surface area contributed by atoms with E-state index < -0.39 is 18.0 Å². The normalized spacial score (nSPS) is 13.2. The molecule has 3 aromatic heterocycles. The van der Waals surface area contributed by atoms with E-state index in [0.29, 0.717) is 11.5 Å². The van der Waals surface area contributed by atoms with Crippen molar-refractivity contribution >= 4 is 11.8 Å². The zero-order chi connectivity index (χ0) is 16.9. The summed E-state index contributed by atoms with van der Waals surface area (Å²) < 4.78 is 16.0. The van der Waals surface area contributed by atoms with Crippen LogP contribution >= 0.6 is 0 Å². The second-order valence-electron chi connectivity index (χ2n) is 5.14. The van der Waals surface area contributed by atoms with Gasteiger partial charge >= 0.3 is 0 Å². The third-order valence-corrected chi connectivity index (χ3v) is 3.42.